The molecule has 128 valence electrons. The molecule has 0 nitrogen and oxygen atoms in total. The van der Waals surface area contributed by atoms with Crippen molar-refractivity contribution < 1.29 is 0 Å². The van der Waals surface area contributed by atoms with Crippen molar-refractivity contribution in [2.45, 2.75) is 76.5 Å². The van der Waals surface area contributed by atoms with Gasteiger partial charge in [0, 0.05) is 20.0 Å². The lowest BCUT2D eigenvalue weighted by atomic mass is 10.1. The molecule has 0 aliphatic carbocycles. The van der Waals surface area contributed by atoms with Crippen LogP contribution in [0.1, 0.15) is 70.8 Å². The zero-order chi connectivity index (χ0) is 16.3. The molecule has 0 N–H and O–H groups in total. The fraction of sp³-hybridized carbons (Fsp3) is 0.600. The van der Waals surface area contributed by atoms with Gasteiger partial charge in [-0.1, -0.05) is 52.4 Å². The monoisotopic (exact) mass is 366 g/mol. The van der Waals surface area contributed by atoms with Crippen LogP contribution in [0.4, 0.5) is 0 Å². The molecular formula is C20H30S3. The molecule has 0 radical (unpaired) electrons. The fourth-order valence-electron chi connectivity index (χ4n) is 2.72. The highest BCUT2D eigenvalue weighted by atomic mass is 32.2. The summed E-state index contributed by atoms with van der Waals surface area (Å²) in [7, 11) is 0. The summed E-state index contributed by atoms with van der Waals surface area (Å²) in [5.41, 5.74) is 1.56. The van der Waals surface area contributed by atoms with Gasteiger partial charge in [-0.05, 0) is 48.1 Å². The highest BCUT2D eigenvalue weighted by Gasteiger charge is 2.10. The third-order valence-electron chi connectivity index (χ3n) is 4.11. The molecule has 0 amide bonds. The fourth-order valence-corrected chi connectivity index (χ4v) is 5.90. The molecule has 0 atom stereocenters. The molecule has 0 aliphatic rings. The van der Waals surface area contributed by atoms with Crippen molar-refractivity contribution in [1.29, 1.82) is 0 Å². The molecular weight excluding hydrogens is 336 g/mol. The third-order valence-corrected chi connectivity index (χ3v) is 7.39. The molecule has 0 unspecified atom stereocenters. The molecule has 0 aromatic carbocycles. The van der Waals surface area contributed by atoms with E-state index in [0.717, 1.165) is 0 Å². The Morgan fingerprint density at radius 3 is 2.48 bits per heavy atom. The molecule has 0 spiro atoms. The molecule has 2 aromatic heterocycles. The molecule has 0 aliphatic heterocycles. The summed E-state index contributed by atoms with van der Waals surface area (Å²) < 4.78 is 0. The average molecular weight is 367 g/mol. The van der Waals surface area contributed by atoms with Crippen LogP contribution in [0, 0.1) is 0 Å². The van der Waals surface area contributed by atoms with E-state index in [1.807, 2.05) is 34.4 Å². The van der Waals surface area contributed by atoms with Gasteiger partial charge < -0.3 is 0 Å². The topological polar surface area (TPSA) is 0 Å². The first-order valence-electron chi connectivity index (χ1n) is 9.13. The van der Waals surface area contributed by atoms with Crippen LogP contribution in [0.2, 0.25) is 0 Å². The van der Waals surface area contributed by atoms with Crippen LogP contribution in [0.15, 0.2) is 27.8 Å². The Bertz CT molecular complexity index is 539. The maximum atomic E-state index is 2.41. The van der Waals surface area contributed by atoms with Gasteiger partial charge >= 0.3 is 0 Å². The Kier molecular flexibility index (Phi) is 9.40. The highest BCUT2D eigenvalue weighted by Crippen LogP contribution is 2.38. The number of rotatable bonds is 12. The number of thiophene rings is 2. The molecule has 2 aromatic rings. The van der Waals surface area contributed by atoms with Crippen molar-refractivity contribution in [3.05, 3.63) is 28.5 Å². The van der Waals surface area contributed by atoms with Gasteiger partial charge in [0.1, 0.15) is 0 Å². The van der Waals surface area contributed by atoms with E-state index >= 15 is 0 Å². The first-order chi connectivity index (χ1) is 11.3. The summed E-state index contributed by atoms with van der Waals surface area (Å²) in [6.07, 6.45) is 12.1. The minimum absolute atomic E-state index is 1.25. The molecule has 0 saturated heterocycles. The van der Waals surface area contributed by atoms with Crippen molar-refractivity contribution in [1.82, 2.24) is 0 Å². The first-order valence-corrected chi connectivity index (χ1v) is 11.9. The molecule has 3 heteroatoms. The van der Waals surface area contributed by atoms with Crippen LogP contribution in [-0.4, -0.2) is 5.75 Å². The van der Waals surface area contributed by atoms with Crippen molar-refractivity contribution in [2.24, 2.45) is 0 Å². The summed E-state index contributed by atoms with van der Waals surface area (Å²) in [6, 6.07) is 4.75. The van der Waals surface area contributed by atoms with Gasteiger partial charge in [-0.3, -0.25) is 0 Å². The second kappa shape index (κ2) is 11.3. The predicted molar refractivity (Wildman–Crippen MR) is 110 cm³/mol. The summed E-state index contributed by atoms with van der Waals surface area (Å²) in [5.74, 6) is 1.27. The van der Waals surface area contributed by atoms with Gasteiger partial charge in [0.2, 0.25) is 0 Å². The van der Waals surface area contributed by atoms with Gasteiger partial charge in [0.15, 0.2) is 0 Å². The molecule has 0 bridgehead atoms. The molecule has 0 fully saturated rings. The van der Waals surface area contributed by atoms with E-state index in [0.29, 0.717) is 0 Å². The number of aryl methyl sites for hydroxylation is 1. The number of hydrogen-bond acceptors (Lipinski definition) is 3. The molecule has 2 rings (SSSR count). The van der Waals surface area contributed by atoms with Gasteiger partial charge in [0.25, 0.3) is 0 Å². The third kappa shape index (κ3) is 6.64. The van der Waals surface area contributed by atoms with E-state index in [1.54, 1.807) is 5.56 Å². The Morgan fingerprint density at radius 1 is 0.913 bits per heavy atom. The van der Waals surface area contributed by atoms with Crippen molar-refractivity contribution >= 4 is 34.4 Å². The Morgan fingerprint density at radius 2 is 1.70 bits per heavy atom. The summed E-state index contributed by atoms with van der Waals surface area (Å²) in [4.78, 5) is 4.46. The van der Waals surface area contributed by atoms with Crippen molar-refractivity contribution in [3.8, 4) is 9.75 Å². The number of unbranched alkanes of at least 4 members (excludes halogenated alkanes) is 6. The summed E-state index contributed by atoms with van der Waals surface area (Å²) in [6.45, 7) is 4.56. The van der Waals surface area contributed by atoms with Gasteiger partial charge in [-0.15, -0.1) is 34.4 Å². The summed E-state index contributed by atoms with van der Waals surface area (Å²) >= 11 is 5.87. The largest absolute Gasteiger partial charge is 0.143 e. The van der Waals surface area contributed by atoms with E-state index in [9.17, 15) is 0 Å². The van der Waals surface area contributed by atoms with Crippen LogP contribution in [0.25, 0.3) is 9.75 Å². The van der Waals surface area contributed by atoms with Gasteiger partial charge in [-0.2, -0.15) is 0 Å². The van der Waals surface area contributed by atoms with Crippen LogP contribution < -0.4 is 0 Å². The lowest BCUT2D eigenvalue weighted by molar-refractivity contribution is 0.668. The predicted octanol–water partition coefficient (Wildman–Crippen LogP) is 8.27. The number of thioether (sulfide) groups is 1. The molecule has 23 heavy (non-hydrogen) atoms. The van der Waals surface area contributed by atoms with Crippen molar-refractivity contribution in [3.63, 3.8) is 0 Å². The van der Waals surface area contributed by atoms with Crippen LogP contribution in [0.3, 0.4) is 0 Å². The average Bonchev–Trinajstić information content (AvgIpc) is 3.20. The second-order valence-electron chi connectivity index (χ2n) is 6.14. The van der Waals surface area contributed by atoms with E-state index in [2.05, 4.69) is 36.7 Å². The second-order valence-corrected chi connectivity index (χ2v) is 9.14. The Labute approximate surface area is 154 Å². The van der Waals surface area contributed by atoms with E-state index in [1.165, 1.54) is 78.2 Å². The molecule has 2 heterocycles. The summed E-state index contributed by atoms with van der Waals surface area (Å²) in [5, 5.41) is 4.61. The van der Waals surface area contributed by atoms with Crippen LogP contribution in [-0.2, 0) is 6.42 Å². The van der Waals surface area contributed by atoms with Gasteiger partial charge in [-0.25, -0.2) is 0 Å². The van der Waals surface area contributed by atoms with E-state index < -0.39 is 0 Å². The SMILES string of the molecule is CCCCCCSc1csc(-c2sccc2CCCCCC)c1. The van der Waals surface area contributed by atoms with Crippen molar-refractivity contribution in [2.75, 3.05) is 5.75 Å². The Balaban J connectivity index is 1.84. The smallest absolute Gasteiger partial charge is 0.0474 e. The van der Waals surface area contributed by atoms with E-state index in [-0.39, 0.29) is 0 Å². The lowest BCUT2D eigenvalue weighted by Gasteiger charge is -2.02. The maximum Gasteiger partial charge on any atom is 0.0474 e. The lowest BCUT2D eigenvalue weighted by Crippen LogP contribution is -1.85. The molecule has 0 saturated carbocycles. The maximum absolute atomic E-state index is 2.41. The highest BCUT2D eigenvalue weighted by molar-refractivity contribution is 7.99. The number of hydrogen-bond donors (Lipinski definition) is 0. The Hall–Kier alpha value is -0.250. The zero-order valence-electron chi connectivity index (χ0n) is 14.6. The minimum atomic E-state index is 1.25. The van der Waals surface area contributed by atoms with E-state index in [4.69, 9.17) is 0 Å². The standard InChI is InChI=1S/C20H30S3/c1-3-5-7-9-11-17-12-14-22-20(17)19-15-18(16-23-19)21-13-10-8-6-4-2/h12,14-16H,3-11,13H2,1-2H3. The van der Waals surface area contributed by atoms with Crippen LogP contribution in [0.5, 0.6) is 0 Å². The van der Waals surface area contributed by atoms with Crippen LogP contribution >= 0.6 is 34.4 Å². The quantitative estimate of drug-likeness (QED) is 0.269. The minimum Gasteiger partial charge on any atom is -0.143 e. The normalized spacial score (nSPS) is 11.2. The first kappa shape index (κ1) is 19.1. The zero-order valence-corrected chi connectivity index (χ0v) is 17.1. The van der Waals surface area contributed by atoms with Gasteiger partial charge in [0.05, 0.1) is 0 Å².